The Bertz CT molecular complexity index is 328. The van der Waals surface area contributed by atoms with E-state index >= 15 is 0 Å². The van der Waals surface area contributed by atoms with Gasteiger partial charge in [0.25, 0.3) is 0 Å². The molecule has 1 rings (SSSR count). The topological polar surface area (TPSA) is 26.3 Å². The van der Waals surface area contributed by atoms with E-state index in [2.05, 4.69) is 4.74 Å². The third-order valence-electron chi connectivity index (χ3n) is 1.75. The van der Waals surface area contributed by atoms with Crippen molar-refractivity contribution < 1.29 is 13.9 Å². The molecule has 0 saturated heterocycles. The predicted molar refractivity (Wildman–Crippen MR) is 52.3 cm³/mol. The maximum atomic E-state index is 12.1. The lowest BCUT2D eigenvalue weighted by atomic mass is 10.1. The molecule has 1 aromatic rings. The van der Waals surface area contributed by atoms with Crippen molar-refractivity contribution in [2.45, 2.75) is 6.67 Å². The normalized spacial score (nSPS) is 10.4. The van der Waals surface area contributed by atoms with Crippen LogP contribution in [0.25, 0.3) is 6.08 Å². The van der Waals surface area contributed by atoms with Crippen molar-refractivity contribution in [2.75, 3.05) is 7.11 Å². The molecule has 14 heavy (non-hydrogen) atoms. The first-order valence-corrected chi connectivity index (χ1v) is 4.17. The smallest absolute Gasteiger partial charge is 0.330 e. The second-order valence-corrected chi connectivity index (χ2v) is 2.73. The zero-order valence-corrected chi connectivity index (χ0v) is 7.87. The zero-order chi connectivity index (χ0) is 10.4. The van der Waals surface area contributed by atoms with Crippen molar-refractivity contribution in [1.82, 2.24) is 0 Å². The van der Waals surface area contributed by atoms with E-state index in [9.17, 15) is 9.18 Å². The summed E-state index contributed by atoms with van der Waals surface area (Å²) < 4.78 is 16.6. The number of ether oxygens (including phenoxy) is 1. The van der Waals surface area contributed by atoms with Crippen LogP contribution in [0.3, 0.4) is 0 Å². The van der Waals surface area contributed by atoms with Gasteiger partial charge < -0.3 is 4.74 Å². The fraction of sp³-hybridized carbons (Fsp3) is 0.182. The average Bonchev–Trinajstić information content (AvgIpc) is 2.26. The van der Waals surface area contributed by atoms with Crippen molar-refractivity contribution in [3.05, 3.63) is 41.5 Å². The van der Waals surface area contributed by atoms with Gasteiger partial charge in [-0.3, -0.25) is 0 Å². The Hall–Kier alpha value is -1.64. The minimum Gasteiger partial charge on any atom is -0.466 e. The average molecular weight is 194 g/mol. The van der Waals surface area contributed by atoms with Gasteiger partial charge in [0.15, 0.2) is 0 Å². The molecule has 0 spiro atoms. The third-order valence-corrected chi connectivity index (χ3v) is 1.75. The molecule has 74 valence electrons. The van der Waals surface area contributed by atoms with Crippen LogP contribution in [0.5, 0.6) is 0 Å². The number of alkyl halides is 1. The summed E-state index contributed by atoms with van der Waals surface area (Å²) >= 11 is 0. The highest BCUT2D eigenvalue weighted by atomic mass is 19.1. The number of esters is 1. The fourth-order valence-corrected chi connectivity index (χ4v) is 0.950. The first kappa shape index (κ1) is 10.4. The molecule has 0 bridgehead atoms. The van der Waals surface area contributed by atoms with Crippen LogP contribution < -0.4 is 0 Å². The van der Waals surface area contributed by atoms with Gasteiger partial charge in [0.1, 0.15) is 6.67 Å². The van der Waals surface area contributed by atoms with E-state index < -0.39 is 12.6 Å². The number of carbonyl (C=O) groups is 1. The lowest BCUT2D eigenvalue weighted by Gasteiger charge is -1.95. The fourth-order valence-electron chi connectivity index (χ4n) is 0.950. The van der Waals surface area contributed by atoms with Crippen LogP contribution >= 0.6 is 0 Å². The van der Waals surface area contributed by atoms with Gasteiger partial charge in [0, 0.05) is 6.08 Å². The van der Waals surface area contributed by atoms with Gasteiger partial charge >= 0.3 is 5.97 Å². The van der Waals surface area contributed by atoms with Gasteiger partial charge in [-0.25, -0.2) is 9.18 Å². The summed E-state index contributed by atoms with van der Waals surface area (Å²) in [5.74, 6) is -0.403. The molecule has 0 amide bonds. The molecule has 0 aliphatic rings. The summed E-state index contributed by atoms with van der Waals surface area (Å²) in [4.78, 5) is 10.7. The number of halogens is 1. The molecule has 2 nitrogen and oxygen atoms in total. The number of hydrogen-bond donors (Lipinski definition) is 0. The van der Waals surface area contributed by atoms with Gasteiger partial charge in [-0.05, 0) is 17.2 Å². The van der Waals surface area contributed by atoms with Crippen LogP contribution in [0.4, 0.5) is 4.39 Å². The van der Waals surface area contributed by atoms with E-state index in [0.29, 0.717) is 5.56 Å². The minimum absolute atomic E-state index is 0.403. The largest absolute Gasteiger partial charge is 0.466 e. The van der Waals surface area contributed by atoms with Gasteiger partial charge in [0.05, 0.1) is 7.11 Å². The number of carbonyl (C=O) groups excluding carboxylic acids is 1. The van der Waals surface area contributed by atoms with Crippen LogP contribution in [0, 0.1) is 0 Å². The van der Waals surface area contributed by atoms with E-state index in [1.807, 2.05) is 0 Å². The maximum absolute atomic E-state index is 12.1. The number of methoxy groups -OCH3 is 1. The van der Waals surface area contributed by atoms with Crippen LogP contribution in [0.2, 0.25) is 0 Å². The lowest BCUT2D eigenvalue weighted by molar-refractivity contribution is -0.134. The third kappa shape index (κ3) is 3.01. The van der Waals surface area contributed by atoms with E-state index in [4.69, 9.17) is 0 Å². The predicted octanol–water partition coefficient (Wildman–Crippen LogP) is 2.34. The highest BCUT2D eigenvalue weighted by molar-refractivity contribution is 5.86. The zero-order valence-electron chi connectivity index (χ0n) is 7.87. The summed E-state index contributed by atoms with van der Waals surface area (Å²) in [6, 6.07) is 6.84. The molecular weight excluding hydrogens is 183 g/mol. The van der Waals surface area contributed by atoms with Crippen molar-refractivity contribution >= 4 is 12.0 Å². The maximum Gasteiger partial charge on any atom is 0.330 e. The number of benzene rings is 1. The van der Waals surface area contributed by atoms with Crippen LogP contribution in [-0.2, 0) is 16.2 Å². The molecule has 0 aromatic heterocycles. The Labute approximate surface area is 82.0 Å². The van der Waals surface area contributed by atoms with Crippen molar-refractivity contribution in [1.29, 1.82) is 0 Å². The first-order valence-electron chi connectivity index (χ1n) is 4.17. The molecule has 0 N–H and O–H groups in total. The Balaban J connectivity index is 2.68. The monoisotopic (exact) mass is 194 g/mol. The Kier molecular flexibility index (Phi) is 3.85. The van der Waals surface area contributed by atoms with Gasteiger partial charge in [-0.2, -0.15) is 0 Å². The van der Waals surface area contributed by atoms with Crippen LogP contribution in [0.15, 0.2) is 30.3 Å². The van der Waals surface area contributed by atoms with Crippen molar-refractivity contribution in [2.24, 2.45) is 0 Å². The first-order chi connectivity index (χ1) is 6.76. The second kappa shape index (κ2) is 5.17. The summed E-state index contributed by atoms with van der Waals surface area (Å²) in [7, 11) is 1.32. The summed E-state index contributed by atoms with van der Waals surface area (Å²) in [6.45, 7) is -0.471. The molecule has 0 unspecified atom stereocenters. The second-order valence-electron chi connectivity index (χ2n) is 2.73. The Morgan fingerprint density at radius 2 is 2.07 bits per heavy atom. The highest BCUT2D eigenvalue weighted by Crippen LogP contribution is 2.07. The lowest BCUT2D eigenvalue weighted by Crippen LogP contribution is -1.93. The standard InChI is InChI=1S/C11H11FO2/c1-14-11(13)7-6-9-2-4-10(8-12)5-3-9/h2-7H,8H2,1H3/b7-6+. The van der Waals surface area contributed by atoms with Gasteiger partial charge in [-0.15, -0.1) is 0 Å². The quantitative estimate of drug-likeness (QED) is 0.545. The minimum atomic E-state index is -0.471. The molecule has 0 aliphatic heterocycles. The molecule has 0 saturated carbocycles. The molecule has 0 aliphatic carbocycles. The SMILES string of the molecule is COC(=O)/C=C/c1ccc(CF)cc1. The molecule has 3 heteroatoms. The Morgan fingerprint density at radius 1 is 1.43 bits per heavy atom. The molecule has 0 atom stereocenters. The summed E-state index contributed by atoms with van der Waals surface area (Å²) in [5, 5.41) is 0. The highest BCUT2D eigenvalue weighted by Gasteiger charge is 1.93. The van der Waals surface area contributed by atoms with Crippen LogP contribution in [-0.4, -0.2) is 13.1 Å². The number of rotatable bonds is 3. The summed E-state index contributed by atoms with van der Waals surface area (Å²) in [6.07, 6.45) is 2.94. The molecule has 0 fully saturated rings. The molecule has 1 aromatic carbocycles. The molecule has 0 radical (unpaired) electrons. The van der Waals surface area contributed by atoms with E-state index in [1.54, 1.807) is 30.3 Å². The van der Waals surface area contributed by atoms with Crippen LogP contribution in [0.1, 0.15) is 11.1 Å². The van der Waals surface area contributed by atoms with E-state index in [1.165, 1.54) is 13.2 Å². The van der Waals surface area contributed by atoms with Gasteiger partial charge in [0.2, 0.25) is 0 Å². The molecular formula is C11H11FO2. The van der Waals surface area contributed by atoms with E-state index in [-0.39, 0.29) is 0 Å². The Morgan fingerprint density at radius 3 is 2.57 bits per heavy atom. The molecule has 0 heterocycles. The summed E-state index contributed by atoms with van der Waals surface area (Å²) in [5.41, 5.74) is 1.47. The van der Waals surface area contributed by atoms with E-state index in [0.717, 1.165) is 5.56 Å². The van der Waals surface area contributed by atoms with Crippen molar-refractivity contribution in [3.8, 4) is 0 Å². The van der Waals surface area contributed by atoms with Gasteiger partial charge in [-0.1, -0.05) is 24.3 Å². The van der Waals surface area contributed by atoms with Crippen molar-refractivity contribution in [3.63, 3.8) is 0 Å². The number of hydrogen-bond acceptors (Lipinski definition) is 2.